The Bertz CT molecular complexity index is 894. The number of carbonyl (C=O) groups is 1. The average Bonchev–Trinajstić information content (AvgIpc) is 3.09. The highest BCUT2D eigenvalue weighted by Gasteiger charge is 2.30. The van der Waals surface area contributed by atoms with E-state index in [4.69, 9.17) is 11.6 Å². The lowest BCUT2D eigenvalue weighted by molar-refractivity contribution is -0.122. The van der Waals surface area contributed by atoms with Crippen LogP contribution in [0, 0.1) is 5.82 Å². The Balaban J connectivity index is 1.46. The van der Waals surface area contributed by atoms with E-state index in [0.29, 0.717) is 37.1 Å². The molecule has 1 fully saturated rings. The van der Waals surface area contributed by atoms with E-state index in [1.165, 1.54) is 22.5 Å². The normalized spacial score (nSPS) is 16.4. The number of amides is 1. The van der Waals surface area contributed by atoms with E-state index in [2.05, 4.69) is 5.32 Å². The number of rotatable bonds is 6. The molecule has 1 amide bonds. The Labute approximate surface area is 166 Å². The first-order valence-electron chi connectivity index (χ1n) is 8.33. The number of sulfonamides is 1. The smallest absolute Gasteiger partial charge is 0.252 e. The van der Waals surface area contributed by atoms with Gasteiger partial charge in [0, 0.05) is 32.7 Å². The predicted molar refractivity (Wildman–Crippen MR) is 103 cm³/mol. The Morgan fingerprint density at radius 2 is 1.78 bits per heavy atom. The van der Waals surface area contributed by atoms with Crippen LogP contribution in [-0.4, -0.2) is 56.3 Å². The molecule has 2 heterocycles. The van der Waals surface area contributed by atoms with Crippen molar-refractivity contribution in [2.75, 3.05) is 32.7 Å². The first-order chi connectivity index (χ1) is 12.8. The third-order valence-electron chi connectivity index (χ3n) is 4.24. The van der Waals surface area contributed by atoms with E-state index in [9.17, 15) is 17.6 Å². The molecule has 1 aliphatic heterocycles. The van der Waals surface area contributed by atoms with Gasteiger partial charge in [-0.1, -0.05) is 23.7 Å². The average molecular weight is 432 g/mol. The van der Waals surface area contributed by atoms with Crippen molar-refractivity contribution in [1.82, 2.24) is 14.5 Å². The molecule has 3 rings (SSSR count). The molecule has 1 aromatic heterocycles. The minimum atomic E-state index is -3.53. The fourth-order valence-electron chi connectivity index (χ4n) is 2.75. The minimum Gasteiger partial charge on any atom is -0.351 e. The highest BCUT2D eigenvalue weighted by molar-refractivity contribution is 7.91. The van der Waals surface area contributed by atoms with Gasteiger partial charge in [-0.05, 0) is 29.8 Å². The van der Waals surface area contributed by atoms with Crippen LogP contribution in [0.25, 0.3) is 0 Å². The molecule has 2 aromatic rings. The number of benzene rings is 1. The molecule has 146 valence electrons. The van der Waals surface area contributed by atoms with Crippen LogP contribution in [0.15, 0.2) is 40.6 Å². The van der Waals surface area contributed by atoms with Crippen molar-refractivity contribution in [2.45, 2.75) is 10.8 Å². The number of nitrogens with one attached hydrogen (secondary N) is 1. The van der Waals surface area contributed by atoms with Crippen LogP contribution in [0.3, 0.4) is 0 Å². The van der Waals surface area contributed by atoms with Gasteiger partial charge in [-0.15, -0.1) is 11.3 Å². The maximum absolute atomic E-state index is 12.9. The lowest BCUT2D eigenvalue weighted by atomic mass is 10.2. The second kappa shape index (κ2) is 8.66. The van der Waals surface area contributed by atoms with Crippen LogP contribution in [0.4, 0.5) is 4.39 Å². The van der Waals surface area contributed by atoms with Crippen molar-refractivity contribution in [3.05, 3.63) is 52.1 Å². The first-order valence-corrected chi connectivity index (χ1v) is 11.0. The summed E-state index contributed by atoms with van der Waals surface area (Å²) < 4.78 is 40.1. The number of piperazine rings is 1. The molecule has 0 unspecified atom stereocenters. The molecule has 0 aliphatic carbocycles. The van der Waals surface area contributed by atoms with Gasteiger partial charge in [-0.2, -0.15) is 4.31 Å². The number of carbonyl (C=O) groups excluding carboxylic acids is 1. The highest BCUT2D eigenvalue weighted by atomic mass is 35.5. The van der Waals surface area contributed by atoms with Crippen molar-refractivity contribution in [2.24, 2.45) is 0 Å². The zero-order chi connectivity index (χ0) is 19.4. The molecule has 1 N–H and O–H groups in total. The number of hydrogen-bond donors (Lipinski definition) is 1. The lowest BCUT2D eigenvalue weighted by Gasteiger charge is -2.33. The van der Waals surface area contributed by atoms with E-state index in [1.807, 2.05) is 4.90 Å². The number of halogens is 2. The second-order valence-electron chi connectivity index (χ2n) is 6.14. The van der Waals surface area contributed by atoms with E-state index in [0.717, 1.165) is 16.9 Å². The van der Waals surface area contributed by atoms with Gasteiger partial charge < -0.3 is 5.32 Å². The summed E-state index contributed by atoms with van der Waals surface area (Å²) in [7, 11) is -3.53. The molecule has 10 heteroatoms. The van der Waals surface area contributed by atoms with Gasteiger partial charge >= 0.3 is 0 Å². The molecule has 0 spiro atoms. The zero-order valence-corrected chi connectivity index (χ0v) is 16.8. The Hall–Kier alpha value is -1.52. The summed E-state index contributed by atoms with van der Waals surface area (Å²) >= 11 is 6.87. The Kier molecular flexibility index (Phi) is 6.48. The maximum atomic E-state index is 12.9. The first kappa shape index (κ1) is 20.2. The largest absolute Gasteiger partial charge is 0.351 e. The SMILES string of the molecule is O=C(CN1CCN(S(=O)(=O)c2ccc(Cl)s2)CC1)NCc1ccc(F)cc1. The van der Waals surface area contributed by atoms with Crippen molar-refractivity contribution in [3.8, 4) is 0 Å². The van der Waals surface area contributed by atoms with E-state index in [1.54, 1.807) is 18.2 Å². The van der Waals surface area contributed by atoms with Crippen LogP contribution in [0.2, 0.25) is 4.34 Å². The van der Waals surface area contributed by atoms with Gasteiger partial charge in [-0.3, -0.25) is 9.69 Å². The van der Waals surface area contributed by atoms with Crippen LogP contribution in [0.5, 0.6) is 0 Å². The van der Waals surface area contributed by atoms with Gasteiger partial charge in [0.1, 0.15) is 10.0 Å². The molecule has 0 atom stereocenters. The van der Waals surface area contributed by atoms with Crippen LogP contribution < -0.4 is 5.32 Å². The van der Waals surface area contributed by atoms with Gasteiger partial charge in [0.05, 0.1) is 10.9 Å². The van der Waals surface area contributed by atoms with Gasteiger partial charge in [0.2, 0.25) is 5.91 Å². The molecule has 6 nitrogen and oxygen atoms in total. The third kappa shape index (κ3) is 5.26. The Morgan fingerprint density at radius 1 is 1.11 bits per heavy atom. The van der Waals surface area contributed by atoms with E-state index < -0.39 is 10.0 Å². The van der Waals surface area contributed by atoms with Crippen LogP contribution in [0.1, 0.15) is 5.56 Å². The lowest BCUT2D eigenvalue weighted by Crippen LogP contribution is -2.50. The van der Waals surface area contributed by atoms with Crippen molar-refractivity contribution < 1.29 is 17.6 Å². The fraction of sp³-hybridized carbons (Fsp3) is 0.353. The highest BCUT2D eigenvalue weighted by Crippen LogP contribution is 2.28. The standard InChI is InChI=1S/C17H19ClFN3O3S2/c18-15-5-6-17(26-15)27(24,25)22-9-7-21(8-10-22)12-16(23)20-11-13-1-3-14(19)4-2-13/h1-6H,7-12H2,(H,20,23). The zero-order valence-electron chi connectivity index (χ0n) is 14.4. The monoisotopic (exact) mass is 431 g/mol. The van der Waals surface area contributed by atoms with Gasteiger partial charge in [-0.25, -0.2) is 12.8 Å². The summed E-state index contributed by atoms with van der Waals surface area (Å²) in [4.78, 5) is 14.0. The summed E-state index contributed by atoms with van der Waals surface area (Å²) in [6.45, 7) is 2.11. The van der Waals surface area contributed by atoms with Crippen molar-refractivity contribution >= 4 is 38.9 Å². The van der Waals surface area contributed by atoms with Gasteiger partial charge in [0.15, 0.2) is 0 Å². The summed E-state index contributed by atoms with van der Waals surface area (Å²) in [5, 5.41) is 2.79. The molecule has 0 saturated carbocycles. The summed E-state index contributed by atoms with van der Waals surface area (Å²) in [6.07, 6.45) is 0. The summed E-state index contributed by atoms with van der Waals surface area (Å²) in [5.74, 6) is -0.469. The second-order valence-corrected chi connectivity index (χ2v) is 10.0. The summed E-state index contributed by atoms with van der Waals surface area (Å²) in [5.41, 5.74) is 0.815. The predicted octanol–water partition coefficient (Wildman–Crippen LogP) is 2.16. The molecule has 1 saturated heterocycles. The van der Waals surface area contributed by atoms with E-state index in [-0.39, 0.29) is 22.5 Å². The van der Waals surface area contributed by atoms with Crippen LogP contribution in [-0.2, 0) is 21.4 Å². The Morgan fingerprint density at radius 3 is 2.37 bits per heavy atom. The number of hydrogen-bond acceptors (Lipinski definition) is 5. The molecule has 0 bridgehead atoms. The number of thiophene rings is 1. The van der Waals surface area contributed by atoms with E-state index >= 15 is 0 Å². The molecule has 1 aromatic carbocycles. The quantitative estimate of drug-likeness (QED) is 0.761. The van der Waals surface area contributed by atoms with Crippen molar-refractivity contribution in [1.29, 1.82) is 0 Å². The topological polar surface area (TPSA) is 69.7 Å². The third-order valence-corrected chi connectivity index (χ3v) is 7.84. The molecule has 0 radical (unpaired) electrons. The minimum absolute atomic E-state index is 0.152. The van der Waals surface area contributed by atoms with Crippen molar-refractivity contribution in [3.63, 3.8) is 0 Å². The molecular weight excluding hydrogens is 413 g/mol. The molecule has 27 heavy (non-hydrogen) atoms. The molecule has 1 aliphatic rings. The van der Waals surface area contributed by atoms with Gasteiger partial charge in [0.25, 0.3) is 10.0 Å². The van der Waals surface area contributed by atoms with Crippen LogP contribution >= 0.6 is 22.9 Å². The fourth-order valence-corrected chi connectivity index (χ4v) is 5.81. The molecular formula is C17H19ClFN3O3S2. The summed E-state index contributed by atoms with van der Waals surface area (Å²) in [6, 6.07) is 9.02. The maximum Gasteiger partial charge on any atom is 0.252 e. The number of nitrogens with zero attached hydrogens (tertiary/aromatic N) is 2.